The summed E-state index contributed by atoms with van der Waals surface area (Å²) in [4.78, 5) is 12.5. The number of hydrogen-bond donors (Lipinski definition) is 2. The van der Waals surface area contributed by atoms with Crippen molar-refractivity contribution in [3.8, 4) is 0 Å². The van der Waals surface area contributed by atoms with Crippen LogP contribution in [-0.2, 0) is 4.79 Å². The number of nitrogens with one attached hydrogen (secondary N) is 2. The third-order valence-electron chi connectivity index (χ3n) is 3.78. The van der Waals surface area contributed by atoms with Gasteiger partial charge in [0.1, 0.15) is 0 Å². The molecule has 19 heavy (non-hydrogen) atoms. The molecule has 1 saturated heterocycles. The van der Waals surface area contributed by atoms with E-state index >= 15 is 0 Å². The third kappa shape index (κ3) is 3.28. The van der Waals surface area contributed by atoms with E-state index in [4.69, 9.17) is 0 Å². The van der Waals surface area contributed by atoms with Crippen molar-refractivity contribution in [2.45, 2.75) is 45.1 Å². The van der Waals surface area contributed by atoms with Gasteiger partial charge in [-0.1, -0.05) is 19.4 Å². The first-order valence-corrected chi connectivity index (χ1v) is 7.98. The minimum atomic E-state index is -0.356. The highest BCUT2D eigenvalue weighted by Gasteiger charge is 2.39. The van der Waals surface area contributed by atoms with E-state index in [0.29, 0.717) is 0 Å². The van der Waals surface area contributed by atoms with Crippen LogP contribution >= 0.6 is 22.6 Å². The van der Waals surface area contributed by atoms with Gasteiger partial charge in [-0.25, -0.2) is 0 Å². The van der Waals surface area contributed by atoms with Crippen molar-refractivity contribution in [1.82, 2.24) is 5.32 Å². The van der Waals surface area contributed by atoms with Gasteiger partial charge in [0, 0.05) is 9.26 Å². The smallest absolute Gasteiger partial charge is 0.244 e. The van der Waals surface area contributed by atoms with Gasteiger partial charge in [0.15, 0.2) is 0 Å². The maximum Gasteiger partial charge on any atom is 0.244 e. The highest BCUT2D eigenvalue weighted by Crippen LogP contribution is 2.27. The lowest BCUT2D eigenvalue weighted by Gasteiger charge is -2.28. The molecule has 1 aliphatic rings. The molecule has 1 heterocycles. The Bertz CT molecular complexity index is 467. The van der Waals surface area contributed by atoms with Crippen LogP contribution in [0.5, 0.6) is 0 Å². The lowest BCUT2D eigenvalue weighted by atomic mass is 9.91. The Balaban J connectivity index is 2.12. The minimum Gasteiger partial charge on any atom is -0.324 e. The molecule has 4 heteroatoms. The first-order chi connectivity index (χ1) is 9.07. The van der Waals surface area contributed by atoms with Crippen LogP contribution in [0, 0.1) is 10.5 Å². The number of halogens is 1. The highest BCUT2D eigenvalue weighted by molar-refractivity contribution is 14.1. The van der Waals surface area contributed by atoms with Crippen LogP contribution < -0.4 is 10.6 Å². The SMILES string of the molecule is CCCC1(C(=O)Nc2ccc(C)c(I)c2)CCCN1. The summed E-state index contributed by atoms with van der Waals surface area (Å²) in [6, 6.07) is 6.05. The van der Waals surface area contributed by atoms with Crippen molar-refractivity contribution >= 4 is 34.2 Å². The van der Waals surface area contributed by atoms with E-state index in [1.807, 2.05) is 18.2 Å². The Morgan fingerprint density at radius 2 is 2.32 bits per heavy atom. The standard InChI is InChI=1S/C15H21IN2O/c1-3-7-15(8-4-9-17-15)14(19)18-12-6-5-11(2)13(16)10-12/h5-6,10,17H,3-4,7-9H2,1-2H3,(H,18,19). The largest absolute Gasteiger partial charge is 0.324 e. The second kappa shape index (κ2) is 6.22. The van der Waals surface area contributed by atoms with E-state index in [1.165, 1.54) is 9.13 Å². The zero-order valence-corrected chi connectivity index (χ0v) is 13.7. The molecule has 0 saturated carbocycles. The molecule has 3 nitrogen and oxygen atoms in total. The van der Waals surface area contributed by atoms with E-state index in [1.54, 1.807) is 0 Å². The highest BCUT2D eigenvalue weighted by atomic mass is 127. The Kier molecular flexibility index (Phi) is 4.84. The van der Waals surface area contributed by atoms with Gasteiger partial charge < -0.3 is 10.6 Å². The van der Waals surface area contributed by atoms with Gasteiger partial charge in [-0.05, 0) is 73.0 Å². The van der Waals surface area contributed by atoms with Crippen LogP contribution in [0.2, 0.25) is 0 Å². The second-order valence-electron chi connectivity index (χ2n) is 5.28. The summed E-state index contributed by atoms with van der Waals surface area (Å²) in [6.45, 7) is 5.15. The molecule has 0 radical (unpaired) electrons. The van der Waals surface area contributed by atoms with Gasteiger partial charge in [0.25, 0.3) is 0 Å². The topological polar surface area (TPSA) is 41.1 Å². The maximum atomic E-state index is 12.5. The second-order valence-corrected chi connectivity index (χ2v) is 6.44. The molecule has 1 aromatic rings. The van der Waals surface area contributed by atoms with Gasteiger partial charge in [-0.2, -0.15) is 0 Å². The van der Waals surface area contributed by atoms with Crippen LogP contribution in [0.25, 0.3) is 0 Å². The Morgan fingerprint density at radius 1 is 1.53 bits per heavy atom. The van der Waals surface area contributed by atoms with Crippen LogP contribution in [-0.4, -0.2) is 18.0 Å². The van der Waals surface area contributed by atoms with E-state index in [0.717, 1.165) is 37.9 Å². The summed E-state index contributed by atoms with van der Waals surface area (Å²) in [5, 5.41) is 6.47. The number of rotatable bonds is 4. The summed E-state index contributed by atoms with van der Waals surface area (Å²) in [6.07, 6.45) is 3.95. The van der Waals surface area contributed by atoms with E-state index in [-0.39, 0.29) is 11.4 Å². The van der Waals surface area contributed by atoms with Crippen LogP contribution in [0.3, 0.4) is 0 Å². The normalized spacial score (nSPS) is 22.5. The number of anilines is 1. The summed E-state index contributed by atoms with van der Waals surface area (Å²) >= 11 is 2.30. The molecule has 0 aromatic heterocycles. The van der Waals surface area contributed by atoms with Crippen LogP contribution in [0.1, 0.15) is 38.2 Å². The number of carbonyl (C=O) groups excluding carboxylic acids is 1. The molecule has 1 amide bonds. The molecule has 104 valence electrons. The fraction of sp³-hybridized carbons (Fsp3) is 0.533. The molecule has 2 N–H and O–H groups in total. The van der Waals surface area contributed by atoms with E-state index < -0.39 is 0 Å². The van der Waals surface area contributed by atoms with Crippen LogP contribution in [0.15, 0.2) is 18.2 Å². The summed E-state index contributed by atoms with van der Waals surface area (Å²) in [5.41, 5.74) is 1.77. The Labute approximate surface area is 128 Å². The fourth-order valence-corrected chi connectivity index (χ4v) is 3.19. The molecule has 2 rings (SSSR count). The first-order valence-electron chi connectivity index (χ1n) is 6.90. The van der Waals surface area contributed by atoms with Gasteiger partial charge >= 0.3 is 0 Å². The molecule has 1 atom stereocenters. The predicted molar refractivity (Wildman–Crippen MR) is 87.4 cm³/mol. The zero-order valence-electron chi connectivity index (χ0n) is 11.6. The summed E-state index contributed by atoms with van der Waals surface area (Å²) < 4.78 is 1.18. The molecule has 0 spiro atoms. The zero-order chi connectivity index (χ0) is 13.9. The van der Waals surface area contributed by atoms with Gasteiger partial charge in [0.05, 0.1) is 5.54 Å². The maximum absolute atomic E-state index is 12.5. The molecule has 1 fully saturated rings. The fourth-order valence-electron chi connectivity index (χ4n) is 2.68. The van der Waals surface area contributed by atoms with E-state index in [9.17, 15) is 4.79 Å². The number of hydrogen-bond acceptors (Lipinski definition) is 2. The van der Waals surface area contributed by atoms with Gasteiger partial charge in [-0.15, -0.1) is 0 Å². The quantitative estimate of drug-likeness (QED) is 0.795. The number of amides is 1. The van der Waals surface area contributed by atoms with Crippen molar-refractivity contribution < 1.29 is 4.79 Å². The molecule has 1 unspecified atom stereocenters. The van der Waals surface area contributed by atoms with Crippen molar-refractivity contribution in [3.63, 3.8) is 0 Å². The predicted octanol–water partition coefficient (Wildman–Crippen LogP) is 3.46. The molecule has 1 aliphatic heterocycles. The van der Waals surface area contributed by atoms with Gasteiger partial charge in [0.2, 0.25) is 5.91 Å². The van der Waals surface area contributed by atoms with Crippen LogP contribution in [0.4, 0.5) is 5.69 Å². The van der Waals surface area contributed by atoms with Crippen molar-refractivity contribution in [1.29, 1.82) is 0 Å². The van der Waals surface area contributed by atoms with Crippen molar-refractivity contribution in [2.75, 3.05) is 11.9 Å². The van der Waals surface area contributed by atoms with Crippen molar-refractivity contribution in [2.24, 2.45) is 0 Å². The van der Waals surface area contributed by atoms with Crippen molar-refractivity contribution in [3.05, 3.63) is 27.3 Å². The molecular weight excluding hydrogens is 351 g/mol. The molecule has 1 aromatic carbocycles. The third-order valence-corrected chi connectivity index (χ3v) is 4.95. The molecular formula is C15H21IN2O. The molecule has 0 aliphatic carbocycles. The lowest BCUT2D eigenvalue weighted by Crippen LogP contribution is -2.50. The number of aryl methyl sites for hydroxylation is 1. The van der Waals surface area contributed by atoms with E-state index in [2.05, 4.69) is 47.1 Å². The average molecular weight is 372 g/mol. The Hall–Kier alpha value is -0.620. The Morgan fingerprint density at radius 3 is 2.89 bits per heavy atom. The first kappa shape index (κ1) is 14.8. The lowest BCUT2D eigenvalue weighted by molar-refractivity contribution is -0.122. The number of benzene rings is 1. The minimum absolute atomic E-state index is 0.117. The monoisotopic (exact) mass is 372 g/mol. The average Bonchev–Trinajstić information content (AvgIpc) is 2.84. The van der Waals surface area contributed by atoms with Gasteiger partial charge in [-0.3, -0.25) is 4.79 Å². The summed E-state index contributed by atoms with van der Waals surface area (Å²) in [7, 11) is 0. The summed E-state index contributed by atoms with van der Waals surface area (Å²) in [5.74, 6) is 0.117. The number of carbonyl (C=O) groups is 1. The molecule has 0 bridgehead atoms.